The van der Waals surface area contributed by atoms with Crippen LogP contribution in [0.4, 0.5) is 0 Å². The molecule has 0 N–H and O–H groups in total. The normalized spacial score (nSPS) is 43.1. The van der Waals surface area contributed by atoms with Gasteiger partial charge in [0.2, 0.25) is 0 Å². The van der Waals surface area contributed by atoms with Crippen molar-refractivity contribution < 1.29 is 12.9 Å². The molecule has 3 nitrogen and oxygen atoms in total. The summed E-state index contributed by atoms with van der Waals surface area (Å²) < 4.78 is 25.5. The van der Waals surface area contributed by atoms with Crippen LogP contribution in [0.15, 0.2) is 0 Å². The minimum absolute atomic E-state index is 0.0629. The van der Waals surface area contributed by atoms with E-state index >= 15 is 0 Å². The van der Waals surface area contributed by atoms with Crippen LogP contribution in [0.1, 0.15) is 12.8 Å². The third kappa shape index (κ3) is 3.87. The number of hydrogen-bond donors (Lipinski definition) is 0. The van der Waals surface area contributed by atoms with Crippen molar-refractivity contribution >= 4 is 59.2 Å². The second-order valence-electron chi connectivity index (χ2n) is 2.87. The number of halogens is 3. The predicted octanol–water partition coefficient (Wildman–Crippen LogP) is 2.25. The van der Waals surface area contributed by atoms with Crippen LogP contribution in [0.25, 0.3) is 0 Å². The largest absolute Gasteiger partial charge is 0.750 e. The maximum atomic E-state index is 10.4. The molecule has 0 heterocycles. The summed E-state index contributed by atoms with van der Waals surface area (Å²) in [7, 11) is 0. The van der Waals surface area contributed by atoms with E-state index < -0.39 is 11.4 Å². The Balaban J connectivity index is 2.56. The highest BCUT2D eigenvalue weighted by atomic mass is 79.9. The van der Waals surface area contributed by atoms with Crippen LogP contribution in [-0.2, 0) is 15.5 Å². The summed E-state index contributed by atoms with van der Waals surface area (Å²) in [5, 5.41) is 0. The van der Waals surface area contributed by atoms with E-state index in [0.717, 1.165) is 12.8 Å². The lowest BCUT2D eigenvalue weighted by Crippen LogP contribution is -2.41. The van der Waals surface area contributed by atoms with E-state index in [-0.39, 0.29) is 15.8 Å². The highest BCUT2D eigenvalue weighted by molar-refractivity contribution is 9.10. The third-order valence-corrected chi connectivity index (χ3v) is 4.78. The van der Waals surface area contributed by atoms with Crippen molar-refractivity contribution in [1.29, 1.82) is 0 Å². The van der Waals surface area contributed by atoms with Gasteiger partial charge in [0, 0.05) is 14.5 Å². The van der Waals surface area contributed by atoms with Crippen molar-refractivity contribution in [1.82, 2.24) is 0 Å². The first-order valence-corrected chi connectivity index (χ1v) is 7.44. The Hall–Kier alpha value is 1.51. The first kappa shape index (κ1) is 12.6. The van der Waals surface area contributed by atoms with Crippen LogP contribution in [0.5, 0.6) is 0 Å². The Kier molecular flexibility index (Phi) is 5.37. The molecular weight excluding hydrogens is 392 g/mol. The smallest absolute Gasteiger partial charge is 0.0987 e. The molecule has 0 spiro atoms. The van der Waals surface area contributed by atoms with Crippen LogP contribution in [0, 0.1) is 0 Å². The summed E-state index contributed by atoms with van der Waals surface area (Å²) >= 11 is 7.86. The lowest BCUT2D eigenvalue weighted by Gasteiger charge is -2.34. The van der Waals surface area contributed by atoms with E-state index in [2.05, 4.69) is 47.8 Å². The fourth-order valence-corrected chi connectivity index (χ4v) is 6.10. The summed E-state index contributed by atoms with van der Waals surface area (Å²) in [6.07, 6.45) is 1.42. The van der Waals surface area contributed by atoms with Gasteiger partial charge in [0.15, 0.2) is 0 Å². The molecule has 1 fully saturated rings. The van der Waals surface area contributed by atoms with Gasteiger partial charge in [-0.15, -0.1) is 0 Å². The molecule has 13 heavy (non-hydrogen) atoms. The topological polar surface area (TPSA) is 49.4 Å². The Morgan fingerprint density at radius 3 is 2.08 bits per heavy atom. The standard InChI is InChI=1S/C6H9Br3O3S/c7-3-1-4(8)6(5(9)2-3)12-13(10)11/h3-6H,1-2H2,(H,10,11)/p-1. The van der Waals surface area contributed by atoms with E-state index in [1.54, 1.807) is 0 Å². The van der Waals surface area contributed by atoms with Crippen LogP contribution >= 0.6 is 47.8 Å². The highest BCUT2D eigenvalue weighted by Gasteiger charge is 2.35. The number of hydrogen-bond acceptors (Lipinski definition) is 3. The van der Waals surface area contributed by atoms with Crippen LogP contribution in [0.3, 0.4) is 0 Å². The molecule has 0 aromatic carbocycles. The van der Waals surface area contributed by atoms with Gasteiger partial charge in [-0.2, -0.15) is 0 Å². The molecule has 0 amide bonds. The Morgan fingerprint density at radius 1 is 1.23 bits per heavy atom. The summed E-state index contributed by atoms with van der Waals surface area (Å²) in [5.74, 6) is 0. The van der Waals surface area contributed by atoms with E-state index in [9.17, 15) is 8.76 Å². The van der Waals surface area contributed by atoms with Crippen molar-refractivity contribution in [3.8, 4) is 0 Å². The molecule has 0 aromatic rings. The molecule has 1 rings (SSSR count). The SMILES string of the molecule is O=S([O-])OC1C(Br)CC(Br)CC1Br. The lowest BCUT2D eigenvalue weighted by atomic mass is 9.97. The lowest BCUT2D eigenvalue weighted by molar-refractivity contribution is 0.176. The van der Waals surface area contributed by atoms with Crippen molar-refractivity contribution in [2.24, 2.45) is 0 Å². The highest BCUT2D eigenvalue weighted by Crippen LogP contribution is 2.35. The van der Waals surface area contributed by atoms with Crippen LogP contribution in [0.2, 0.25) is 0 Å². The molecule has 1 saturated carbocycles. The van der Waals surface area contributed by atoms with Crippen LogP contribution in [-0.4, -0.2) is 29.3 Å². The van der Waals surface area contributed by atoms with Crippen molar-refractivity contribution in [2.45, 2.75) is 33.4 Å². The molecule has 1 aliphatic rings. The molecule has 0 saturated heterocycles. The van der Waals surface area contributed by atoms with Gasteiger partial charge in [-0.05, 0) is 12.8 Å². The third-order valence-electron chi connectivity index (χ3n) is 1.86. The molecule has 0 radical (unpaired) electrons. The maximum absolute atomic E-state index is 10.4. The average Bonchev–Trinajstić information content (AvgIpc) is 1.96. The van der Waals surface area contributed by atoms with Crippen LogP contribution < -0.4 is 0 Å². The molecule has 3 unspecified atom stereocenters. The van der Waals surface area contributed by atoms with E-state index in [0.29, 0.717) is 4.83 Å². The summed E-state index contributed by atoms with van der Waals surface area (Å²) in [6, 6.07) is 0. The first-order chi connectivity index (χ1) is 6.00. The van der Waals surface area contributed by atoms with Gasteiger partial charge >= 0.3 is 0 Å². The first-order valence-electron chi connectivity index (χ1n) is 3.69. The molecule has 1 aliphatic carbocycles. The van der Waals surface area contributed by atoms with E-state index in [4.69, 9.17) is 4.18 Å². The summed E-state index contributed by atoms with van der Waals surface area (Å²) in [6.45, 7) is 0. The molecule has 0 aromatic heterocycles. The summed E-state index contributed by atoms with van der Waals surface area (Å²) in [5.41, 5.74) is 0. The average molecular weight is 400 g/mol. The zero-order chi connectivity index (χ0) is 10.0. The van der Waals surface area contributed by atoms with Gasteiger partial charge in [-0.25, -0.2) is 4.21 Å². The second kappa shape index (κ2) is 5.55. The van der Waals surface area contributed by atoms with Crippen molar-refractivity contribution in [3.05, 3.63) is 0 Å². The fourth-order valence-electron chi connectivity index (χ4n) is 1.29. The molecule has 3 atom stereocenters. The number of rotatable bonds is 2. The Labute approximate surface area is 105 Å². The minimum Gasteiger partial charge on any atom is -0.750 e. The molecular formula is C6H8Br3O3S-. The van der Waals surface area contributed by atoms with Gasteiger partial charge in [-0.1, -0.05) is 47.8 Å². The molecule has 0 aliphatic heterocycles. The van der Waals surface area contributed by atoms with Gasteiger partial charge in [0.25, 0.3) is 0 Å². The van der Waals surface area contributed by atoms with Gasteiger partial charge in [0.1, 0.15) is 0 Å². The monoisotopic (exact) mass is 397 g/mol. The Morgan fingerprint density at radius 2 is 1.69 bits per heavy atom. The number of alkyl halides is 3. The second-order valence-corrected chi connectivity index (χ2v) is 7.11. The van der Waals surface area contributed by atoms with Crippen molar-refractivity contribution in [3.63, 3.8) is 0 Å². The van der Waals surface area contributed by atoms with Gasteiger partial charge in [-0.3, -0.25) is 4.18 Å². The van der Waals surface area contributed by atoms with E-state index in [1.165, 1.54) is 0 Å². The quantitative estimate of drug-likeness (QED) is 0.528. The molecule has 78 valence electrons. The zero-order valence-electron chi connectivity index (χ0n) is 6.49. The van der Waals surface area contributed by atoms with E-state index in [1.807, 2.05) is 0 Å². The predicted molar refractivity (Wildman–Crippen MR) is 61.2 cm³/mol. The maximum Gasteiger partial charge on any atom is 0.0987 e. The Bertz CT molecular complexity index is 192. The molecule has 7 heteroatoms. The zero-order valence-corrected chi connectivity index (χ0v) is 12.1. The summed E-state index contributed by atoms with van der Waals surface area (Å²) in [4.78, 5) is 0.530. The minimum atomic E-state index is -2.44. The van der Waals surface area contributed by atoms with Gasteiger partial charge < -0.3 is 4.55 Å². The van der Waals surface area contributed by atoms with Crippen molar-refractivity contribution in [2.75, 3.05) is 0 Å². The molecule has 0 bridgehead atoms. The fraction of sp³-hybridized carbons (Fsp3) is 1.00. The van der Waals surface area contributed by atoms with Gasteiger partial charge in [0.05, 0.1) is 17.5 Å².